The summed E-state index contributed by atoms with van der Waals surface area (Å²) in [4.78, 5) is 10.8. The molecule has 4 rings (SSSR count). The number of hydrogen-bond donors (Lipinski definition) is 1. The largest absolute Gasteiger partial charge is 0.481 e. The van der Waals surface area contributed by atoms with E-state index in [4.69, 9.17) is 16.7 Å². The number of hydrogen-bond acceptors (Lipinski definition) is 1. The van der Waals surface area contributed by atoms with Crippen LogP contribution in [0.1, 0.15) is 6.42 Å². The lowest BCUT2D eigenvalue weighted by Crippen LogP contribution is -2.20. The van der Waals surface area contributed by atoms with Gasteiger partial charge in [-0.15, -0.1) is 11.6 Å². The van der Waals surface area contributed by atoms with Gasteiger partial charge < -0.3 is 5.11 Å². The van der Waals surface area contributed by atoms with Gasteiger partial charge in [0.2, 0.25) is 0 Å². The van der Waals surface area contributed by atoms with Gasteiger partial charge in [-0.3, -0.25) is 4.79 Å². The summed E-state index contributed by atoms with van der Waals surface area (Å²) in [6.45, 7) is 0. The van der Waals surface area contributed by atoms with Crippen molar-refractivity contribution in [1.82, 2.24) is 0 Å². The summed E-state index contributed by atoms with van der Waals surface area (Å²) in [7, 11) is 0. The first-order valence-electron chi connectivity index (χ1n) is 4.08. The van der Waals surface area contributed by atoms with Gasteiger partial charge in [0, 0.05) is 5.38 Å². The Bertz CT molecular complexity index is 240. The normalized spacial score (nSPS) is 63.4. The molecular weight excluding hydrogens is 164 g/mol. The van der Waals surface area contributed by atoms with E-state index in [1.165, 1.54) is 0 Å². The van der Waals surface area contributed by atoms with Crippen molar-refractivity contribution in [1.29, 1.82) is 0 Å². The van der Waals surface area contributed by atoms with Crippen LogP contribution in [0.25, 0.3) is 0 Å². The predicted octanol–water partition coefficient (Wildman–Crippen LogP) is 1.19. The van der Waals surface area contributed by atoms with Crippen LogP contribution in [0, 0.1) is 29.6 Å². The predicted molar refractivity (Wildman–Crippen MR) is 39.3 cm³/mol. The molecule has 4 bridgehead atoms. The Kier molecular flexibility index (Phi) is 0.905. The minimum absolute atomic E-state index is 0.0903. The molecule has 0 aliphatic heterocycles. The third kappa shape index (κ3) is 0.516. The number of carboxylic acids is 1. The molecule has 4 fully saturated rings. The van der Waals surface area contributed by atoms with Crippen LogP contribution in [0.4, 0.5) is 0 Å². The molecule has 4 aliphatic rings. The molecule has 0 radical (unpaired) electrons. The highest BCUT2D eigenvalue weighted by Gasteiger charge is 2.74. The van der Waals surface area contributed by atoms with Crippen molar-refractivity contribution >= 4 is 17.6 Å². The van der Waals surface area contributed by atoms with Gasteiger partial charge in [-0.25, -0.2) is 0 Å². The molecule has 0 amide bonds. The van der Waals surface area contributed by atoms with E-state index in [-0.39, 0.29) is 11.3 Å². The van der Waals surface area contributed by atoms with Gasteiger partial charge in [0.1, 0.15) is 0 Å². The van der Waals surface area contributed by atoms with E-state index >= 15 is 0 Å². The lowest BCUT2D eigenvalue weighted by atomic mass is 9.99. The fourth-order valence-corrected chi connectivity index (χ4v) is 4.02. The summed E-state index contributed by atoms with van der Waals surface area (Å²) in [6.07, 6.45) is 1.08. The molecule has 1 N–H and O–H groups in total. The Labute approximate surface area is 69.5 Å². The lowest BCUT2D eigenvalue weighted by Gasteiger charge is -2.10. The maximum atomic E-state index is 10.8. The molecular formula is C8H9ClO2. The molecule has 0 unspecified atom stereocenters. The molecule has 0 heterocycles. The van der Waals surface area contributed by atoms with Crippen LogP contribution in [0.5, 0.6) is 0 Å². The number of carbonyl (C=O) groups is 1. The first-order chi connectivity index (χ1) is 5.22. The first kappa shape index (κ1) is 6.30. The van der Waals surface area contributed by atoms with Gasteiger partial charge in [-0.2, -0.15) is 0 Å². The van der Waals surface area contributed by atoms with E-state index in [0.29, 0.717) is 23.7 Å². The zero-order valence-corrected chi connectivity index (χ0v) is 6.66. The quantitative estimate of drug-likeness (QED) is 0.604. The van der Waals surface area contributed by atoms with Crippen LogP contribution >= 0.6 is 11.6 Å². The average molecular weight is 173 g/mol. The van der Waals surface area contributed by atoms with Crippen molar-refractivity contribution in [3.63, 3.8) is 0 Å². The van der Waals surface area contributed by atoms with Crippen molar-refractivity contribution in [2.45, 2.75) is 11.8 Å². The molecule has 4 saturated carbocycles. The minimum atomic E-state index is -0.617. The van der Waals surface area contributed by atoms with E-state index in [2.05, 4.69) is 0 Å². The molecule has 0 saturated heterocycles. The fraction of sp³-hybridized carbons (Fsp3) is 0.875. The molecule has 6 atom stereocenters. The Morgan fingerprint density at radius 3 is 2.27 bits per heavy atom. The molecule has 0 aromatic rings. The standard InChI is InChI=1S/C8H9ClO2/c9-7-3-1-2-4(5(2)7)6(3)8(10)11/h2-7H,1H2,(H,10,11)/t2-,3-,4-,5+,6-,7+/m0/s1. The van der Waals surface area contributed by atoms with E-state index in [0.717, 1.165) is 6.42 Å². The van der Waals surface area contributed by atoms with Crippen molar-refractivity contribution < 1.29 is 9.90 Å². The summed E-state index contributed by atoms with van der Waals surface area (Å²) >= 11 is 6.07. The monoisotopic (exact) mass is 172 g/mol. The molecule has 2 nitrogen and oxygen atoms in total. The smallest absolute Gasteiger partial charge is 0.307 e. The molecule has 3 heteroatoms. The first-order valence-corrected chi connectivity index (χ1v) is 4.52. The van der Waals surface area contributed by atoms with Crippen molar-refractivity contribution in [2.75, 3.05) is 0 Å². The third-order valence-electron chi connectivity index (χ3n) is 3.77. The van der Waals surface area contributed by atoms with Gasteiger partial charge in [-0.05, 0) is 30.1 Å². The fourth-order valence-electron chi connectivity index (χ4n) is 3.40. The Morgan fingerprint density at radius 1 is 1.36 bits per heavy atom. The highest BCUT2D eigenvalue weighted by molar-refractivity contribution is 6.22. The number of halogens is 1. The summed E-state index contributed by atoms with van der Waals surface area (Å²) in [6, 6.07) is 0. The van der Waals surface area contributed by atoms with E-state index in [1.54, 1.807) is 0 Å². The number of alkyl halides is 1. The number of aliphatic carboxylic acids is 1. The number of carboxylic acid groups (broad SMARTS) is 1. The van der Waals surface area contributed by atoms with Crippen LogP contribution < -0.4 is 0 Å². The Balaban J connectivity index is 1.97. The zero-order valence-electron chi connectivity index (χ0n) is 5.90. The summed E-state index contributed by atoms with van der Waals surface area (Å²) in [5.41, 5.74) is 0. The SMILES string of the molecule is O=C(O)[C@H]1[C@@H]2C[C@@H]3[C@@H]([C@@H]2Cl)[C@H]31. The van der Waals surface area contributed by atoms with Gasteiger partial charge in [0.15, 0.2) is 0 Å². The van der Waals surface area contributed by atoms with Gasteiger partial charge in [0.05, 0.1) is 5.92 Å². The van der Waals surface area contributed by atoms with Crippen molar-refractivity contribution in [3.05, 3.63) is 0 Å². The van der Waals surface area contributed by atoms with Crippen LogP contribution in [0.2, 0.25) is 0 Å². The van der Waals surface area contributed by atoms with Crippen molar-refractivity contribution in [2.24, 2.45) is 29.6 Å². The van der Waals surface area contributed by atoms with E-state index in [9.17, 15) is 4.79 Å². The van der Waals surface area contributed by atoms with Crippen LogP contribution in [0.3, 0.4) is 0 Å². The maximum absolute atomic E-state index is 10.8. The molecule has 0 aromatic carbocycles. The lowest BCUT2D eigenvalue weighted by molar-refractivity contribution is -0.143. The molecule has 60 valence electrons. The summed E-state index contributed by atoms with van der Waals surface area (Å²) < 4.78 is 0. The third-order valence-corrected chi connectivity index (χ3v) is 4.39. The summed E-state index contributed by atoms with van der Waals surface area (Å²) in [5.74, 6) is 1.31. The summed E-state index contributed by atoms with van der Waals surface area (Å²) in [5, 5.41) is 9.05. The highest BCUT2D eigenvalue weighted by atomic mass is 35.5. The second kappa shape index (κ2) is 1.58. The molecule has 4 aliphatic carbocycles. The highest BCUT2D eigenvalue weighted by Crippen LogP contribution is 2.74. The Morgan fingerprint density at radius 2 is 2.09 bits per heavy atom. The second-order valence-corrected chi connectivity index (χ2v) is 4.53. The zero-order chi connectivity index (χ0) is 7.75. The van der Waals surface area contributed by atoms with Gasteiger partial charge in [-0.1, -0.05) is 0 Å². The van der Waals surface area contributed by atoms with Crippen molar-refractivity contribution in [3.8, 4) is 0 Å². The average Bonchev–Trinajstić information content (AvgIpc) is 2.33. The minimum Gasteiger partial charge on any atom is -0.481 e. The van der Waals surface area contributed by atoms with Gasteiger partial charge in [0.25, 0.3) is 0 Å². The van der Waals surface area contributed by atoms with E-state index in [1.807, 2.05) is 0 Å². The van der Waals surface area contributed by atoms with Crippen LogP contribution in [-0.2, 0) is 4.79 Å². The van der Waals surface area contributed by atoms with Gasteiger partial charge >= 0.3 is 5.97 Å². The van der Waals surface area contributed by atoms with Crippen LogP contribution in [-0.4, -0.2) is 16.5 Å². The number of rotatable bonds is 1. The molecule has 0 aromatic heterocycles. The molecule has 11 heavy (non-hydrogen) atoms. The maximum Gasteiger partial charge on any atom is 0.307 e. The Hall–Kier alpha value is -0.240. The molecule has 0 spiro atoms. The van der Waals surface area contributed by atoms with Crippen LogP contribution in [0.15, 0.2) is 0 Å². The topological polar surface area (TPSA) is 37.3 Å². The van der Waals surface area contributed by atoms with E-state index < -0.39 is 5.97 Å². The second-order valence-electron chi connectivity index (χ2n) is 4.03.